The predicted octanol–water partition coefficient (Wildman–Crippen LogP) is 3.24. The van der Waals surface area contributed by atoms with Crippen molar-refractivity contribution in [3.8, 4) is 5.88 Å². The molecule has 116 valence electrons. The van der Waals surface area contributed by atoms with Gasteiger partial charge in [-0.1, -0.05) is 6.07 Å². The fourth-order valence-corrected chi connectivity index (χ4v) is 2.37. The van der Waals surface area contributed by atoms with E-state index in [1.807, 2.05) is 0 Å². The highest BCUT2D eigenvalue weighted by molar-refractivity contribution is 7.12. The molecule has 0 aliphatic rings. The van der Waals surface area contributed by atoms with Crippen LogP contribution in [0.4, 0.5) is 14.6 Å². The third-order valence-corrected chi connectivity index (χ3v) is 3.48. The van der Waals surface area contributed by atoms with Crippen LogP contribution in [-0.2, 0) is 0 Å². The molecule has 1 N–H and O–H groups in total. The molecule has 0 unspecified atom stereocenters. The fraction of sp³-hybridized carbons (Fsp3) is 0.214. The molecule has 8 heteroatoms. The van der Waals surface area contributed by atoms with Gasteiger partial charge in [-0.05, 0) is 19.1 Å². The van der Waals surface area contributed by atoms with E-state index in [-0.39, 0.29) is 17.5 Å². The Kier molecular flexibility index (Phi) is 5.16. The third kappa shape index (κ3) is 4.32. The van der Waals surface area contributed by atoms with Gasteiger partial charge in [0.05, 0.1) is 4.88 Å². The van der Waals surface area contributed by atoms with Crippen LogP contribution >= 0.6 is 11.3 Å². The molecule has 2 aromatic heterocycles. The van der Waals surface area contributed by atoms with Crippen LogP contribution in [-0.4, -0.2) is 29.7 Å². The molecule has 0 bridgehead atoms. The summed E-state index contributed by atoms with van der Waals surface area (Å²) in [5.74, 6) is -0.393. The summed E-state index contributed by atoms with van der Waals surface area (Å²) in [6, 6.07) is 5.93. The number of nitrogens with zero attached hydrogens (tertiary/aromatic N) is 1. The van der Waals surface area contributed by atoms with Gasteiger partial charge in [0.1, 0.15) is 5.82 Å². The topological polar surface area (TPSA) is 68.3 Å². The van der Waals surface area contributed by atoms with Gasteiger partial charge in [-0.25, -0.2) is 8.78 Å². The molecule has 0 saturated heterocycles. The smallest absolute Gasteiger partial charge is 0.272 e. The molecule has 2 rings (SSSR count). The van der Waals surface area contributed by atoms with Gasteiger partial charge in [0.25, 0.3) is 12.3 Å². The van der Waals surface area contributed by atoms with E-state index >= 15 is 0 Å². The number of ketones is 1. The van der Waals surface area contributed by atoms with Crippen LogP contribution in [0, 0.1) is 0 Å². The molecule has 0 aromatic carbocycles. The maximum absolute atomic E-state index is 12.1. The molecule has 2 aromatic rings. The Morgan fingerprint density at radius 2 is 2.18 bits per heavy atom. The van der Waals surface area contributed by atoms with E-state index in [1.165, 1.54) is 31.2 Å². The van der Waals surface area contributed by atoms with E-state index in [0.717, 1.165) is 11.3 Å². The predicted molar refractivity (Wildman–Crippen MR) is 78.0 cm³/mol. The number of carbonyl (C=O) groups is 2. The lowest BCUT2D eigenvalue weighted by Crippen LogP contribution is -2.13. The first-order valence-electron chi connectivity index (χ1n) is 6.24. The zero-order chi connectivity index (χ0) is 16.1. The van der Waals surface area contributed by atoms with Crippen LogP contribution in [0.25, 0.3) is 0 Å². The van der Waals surface area contributed by atoms with Crippen LogP contribution < -0.4 is 10.1 Å². The third-order valence-electron chi connectivity index (χ3n) is 2.55. The maximum atomic E-state index is 12.1. The van der Waals surface area contributed by atoms with Crippen LogP contribution in [0.1, 0.15) is 27.0 Å². The van der Waals surface area contributed by atoms with E-state index in [4.69, 9.17) is 4.74 Å². The minimum absolute atomic E-state index is 0.00583. The standard InChI is InChI=1S/C14H12F2N2O3S/c1-8(19)9-5-10(22-7-9)14(20)18-12-3-2-4-13(17-12)21-6-11(15)16/h2-5,7,11H,6H2,1H3,(H,17,18,20). The van der Waals surface area contributed by atoms with Gasteiger partial charge in [-0.15, -0.1) is 11.3 Å². The summed E-state index contributed by atoms with van der Waals surface area (Å²) in [5.41, 5.74) is 0.456. The Bertz CT molecular complexity index is 688. The minimum atomic E-state index is -2.60. The highest BCUT2D eigenvalue weighted by Gasteiger charge is 2.12. The normalized spacial score (nSPS) is 10.5. The molecule has 5 nitrogen and oxygen atoms in total. The number of Topliss-reactive ketones (excluding diaryl/α,β-unsaturated/α-hetero) is 1. The number of aromatic nitrogens is 1. The summed E-state index contributed by atoms with van der Waals surface area (Å²) in [6.07, 6.45) is -2.60. The zero-order valence-electron chi connectivity index (χ0n) is 11.5. The van der Waals surface area contributed by atoms with E-state index in [2.05, 4.69) is 10.3 Å². The van der Waals surface area contributed by atoms with Gasteiger partial charge in [-0.3, -0.25) is 9.59 Å². The number of carbonyl (C=O) groups excluding carboxylic acids is 2. The number of hydrogen-bond donors (Lipinski definition) is 1. The Balaban J connectivity index is 2.04. The number of ether oxygens (including phenoxy) is 1. The largest absolute Gasteiger partial charge is 0.472 e. The van der Waals surface area contributed by atoms with Gasteiger partial charge in [0.15, 0.2) is 12.4 Å². The number of pyridine rings is 1. The van der Waals surface area contributed by atoms with Crippen molar-refractivity contribution in [2.45, 2.75) is 13.3 Å². The highest BCUT2D eigenvalue weighted by atomic mass is 32.1. The van der Waals surface area contributed by atoms with Crippen LogP contribution in [0.3, 0.4) is 0 Å². The first-order chi connectivity index (χ1) is 10.5. The number of thiophene rings is 1. The van der Waals surface area contributed by atoms with Crippen molar-refractivity contribution in [2.24, 2.45) is 0 Å². The number of rotatable bonds is 6. The Morgan fingerprint density at radius 1 is 1.41 bits per heavy atom. The summed E-state index contributed by atoms with van der Waals surface area (Å²) in [4.78, 5) is 27.5. The number of nitrogens with one attached hydrogen (secondary N) is 1. The number of halogens is 2. The highest BCUT2D eigenvalue weighted by Crippen LogP contribution is 2.18. The van der Waals surface area contributed by atoms with Gasteiger partial charge >= 0.3 is 0 Å². The molecule has 0 aliphatic carbocycles. The van der Waals surface area contributed by atoms with Gasteiger partial charge < -0.3 is 10.1 Å². The van der Waals surface area contributed by atoms with Gasteiger partial charge in [0.2, 0.25) is 5.88 Å². The second-order valence-corrected chi connectivity index (χ2v) is 5.18. The van der Waals surface area contributed by atoms with Gasteiger partial charge in [0, 0.05) is 17.0 Å². The van der Waals surface area contributed by atoms with E-state index in [1.54, 1.807) is 5.38 Å². The summed E-state index contributed by atoms with van der Waals surface area (Å²) < 4.78 is 28.9. The lowest BCUT2D eigenvalue weighted by molar-refractivity contribution is 0.0796. The number of alkyl halides is 2. The summed E-state index contributed by atoms with van der Waals surface area (Å²) in [7, 11) is 0. The summed E-state index contributed by atoms with van der Waals surface area (Å²) >= 11 is 1.13. The molecule has 1 amide bonds. The number of hydrogen-bond acceptors (Lipinski definition) is 5. The van der Waals surface area contributed by atoms with Crippen molar-refractivity contribution in [1.82, 2.24) is 4.98 Å². The molecule has 0 spiro atoms. The lowest BCUT2D eigenvalue weighted by atomic mass is 10.2. The summed E-state index contributed by atoms with van der Waals surface area (Å²) in [5, 5.41) is 4.11. The van der Waals surface area contributed by atoms with Crippen molar-refractivity contribution < 1.29 is 23.1 Å². The molecular weight excluding hydrogens is 314 g/mol. The van der Waals surface area contributed by atoms with Crippen LogP contribution in [0.2, 0.25) is 0 Å². The van der Waals surface area contributed by atoms with Crippen LogP contribution in [0.5, 0.6) is 5.88 Å². The molecule has 0 fully saturated rings. The Morgan fingerprint density at radius 3 is 2.82 bits per heavy atom. The van der Waals surface area contributed by atoms with Crippen molar-refractivity contribution in [2.75, 3.05) is 11.9 Å². The molecule has 0 aliphatic heterocycles. The zero-order valence-corrected chi connectivity index (χ0v) is 12.3. The monoisotopic (exact) mass is 326 g/mol. The molecule has 0 radical (unpaired) electrons. The van der Waals surface area contributed by atoms with Crippen molar-refractivity contribution in [1.29, 1.82) is 0 Å². The molecule has 22 heavy (non-hydrogen) atoms. The van der Waals surface area contributed by atoms with E-state index < -0.39 is 18.9 Å². The van der Waals surface area contributed by atoms with Crippen LogP contribution in [0.15, 0.2) is 29.6 Å². The number of anilines is 1. The van der Waals surface area contributed by atoms with Crippen molar-refractivity contribution in [3.63, 3.8) is 0 Å². The molecule has 0 atom stereocenters. The van der Waals surface area contributed by atoms with Crippen molar-refractivity contribution in [3.05, 3.63) is 40.1 Å². The molecule has 0 saturated carbocycles. The van der Waals surface area contributed by atoms with E-state index in [0.29, 0.717) is 10.4 Å². The lowest BCUT2D eigenvalue weighted by Gasteiger charge is -2.07. The van der Waals surface area contributed by atoms with E-state index in [9.17, 15) is 18.4 Å². The first-order valence-corrected chi connectivity index (χ1v) is 7.12. The SMILES string of the molecule is CC(=O)c1csc(C(=O)Nc2cccc(OCC(F)F)n2)c1. The molecule has 2 heterocycles. The summed E-state index contributed by atoms with van der Waals surface area (Å²) in [6.45, 7) is 0.645. The fourth-order valence-electron chi connectivity index (χ4n) is 1.53. The second kappa shape index (κ2) is 7.08. The average molecular weight is 326 g/mol. The van der Waals surface area contributed by atoms with Crippen molar-refractivity contribution >= 4 is 28.8 Å². The number of amides is 1. The maximum Gasteiger partial charge on any atom is 0.272 e. The van der Waals surface area contributed by atoms with Gasteiger partial charge in [-0.2, -0.15) is 4.98 Å². The first kappa shape index (κ1) is 16.0. The minimum Gasteiger partial charge on any atom is -0.472 e. The Labute approximate surface area is 128 Å². The Hall–Kier alpha value is -2.35. The average Bonchev–Trinajstić information content (AvgIpc) is 2.95. The molecular formula is C14H12F2N2O3S. The second-order valence-electron chi connectivity index (χ2n) is 4.27. The quantitative estimate of drug-likeness (QED) is 0.828.